The summed E-state index contributed by atoms with van der Waals surface area (Å²) in [6.45, 7) is 6.59. The Labute approximate surface area is 143 Å². The summed E-state index contributed by atoms with van der Waals surface area (Å²) >= 11 is 0. The number of rotatable bonds is 7. The molecular formula is C20H24N2O2. The van der Waals surface area contributed by atoms with Crippen LogP contribution in [-0.2, 0) is 6.61 Å². The summed E-state index contributed by atoms with van der Waals surface area (Å²) in [5, 5.41) is 4.16. The summed E-state index contributed by atoms with van der Waals surface area (Å²) in [7, 11) is 0. The van der Waals surface area contributed by atoms with Gasteiger partial charge in [0.1, 0.15) is 12.4 Å². The van der Waals surface area contributed by atoms with E-state index in [9.17, 15) is 4.79 Å². The van der Waals surface area contributed by atoms with Crippen LogP contribution in [0.5, 0.6) is 5.75 Å². The maximum atomic E-state index is 12.1. The zero-order chi connectivity index (χ0) is 17.4. The van der Waals surface area contributed by atoms with E-state index in [0.717, 1.165) is 23.4 Å². The number of ether oxygens (including phenoxy) is 1. The minimum atomic E-state index is -0.201. The van der Waals surface area contributed by atoms with Gasteiger partial charge in [0, 0.05) is 11.3 Å². The lowest BCUT2D eigenvalue weighted by molar-refractivity contribution is 0.0954. The van der Waals surface area contributed by atoms with Gasteiger partial charge in [0.05, 0.1) is 0 Å². The number of carbonyl (C=O) groups excluding carboxylic acids is 1. The molecule has 0 fully saturated rings. The van der Waals surface area contributed by atoms with E-state index in [0.29, 0.717) is 18.1 Å². The Hall–Kier alpha value is -2.62. The van der Waals surface area contributed by atoms with Gasteiger partial charge in [0.2, 0.25) is 0 Å². The van der Waals surface area contributed by atoms with Gasteiger partial charge in [-0.15, -0.1) is 0 Å². The van der Waals surface area contributed by atoms with E-state index in [1.165, 1.54) is 0 Å². The van der Waals surface area contributed by atoms with E-state index in [1.54, 1.807) is 12.1 Å². The van der Waals surface area contributed by atoms with Crippen molar-refractivity contribution in [3.8, 4) is 5.75 Å². The third-order valence-electron chi connectivity index (χ3n) is 4.02. The van der Waals surface area contributed by atoms with Crippen LogP contribution in [0.4, 0.5) is 0 Å². The second kappa shape index (κ2) is 8.87. The predicted octanol–water partition coefficient (Wildman–Crippen LogP) is 4.42. The highest BCUT2D eigenvalue weighted by atomic mass is 16.5. The van der Waals surface area contributed by atoms with E-state index in [-0.39, 0.29) is 5.91 Å². The smallest absolute Gasteiger partial charge is 0.271 e. The zero-order valence-electron chi connectivity index (χ0n) is 14.5. The molecule has 0 aliphatic rings. The normalized spacial score (nSPS) is 12.5. The summed E-state index contributed by atoms with van der Waals surface area (Å²) in [5.74, 6) is 0.991. The van der Waals surface area contributed by atoms with Crippen molar-refractivity contribution >= 4 is 11.6 Å². The van der Waals surface area contributed by atoms with E-state index < -0.39 is 0 Å². The Morgan fingerprint density at radius 1 is 1.12 bits per heavy atom. The molecule has 2 aromatic rings. The van der Waals surface area contributed by atoms with Gasteiger partial charge in [-0.05, 0) is 49.1 Å². The SMILES string of the molecule is CC[C@@H](C)/C(C)=N\NC(=O)c1ccc(COc2ccccc2)cc1. The molecular weight excluding hydrogens is 300 g/mol. The van der Waals surface area contributed by atoms with E-state index in [1.807, 2.05) is 49.4 Å². The zero-order valence-corrected chi connectivity index (χ0v) is 14.5. The third kappa shape index (κ3) is 5.23. The highest BCUT2D eigenvalue weighted by Gasteiger charge is 2.07. The Morgan fingerprint density at radius 2 is 1.79 bits per heavy atom. The molecule has 0 aromatic heterocycles. The average molecular weight is 324 g/mol. The number of benzene rings is 2. The fraction of sp³-hybridized carbons (Fsp3) is 0.300. The van der Waals surface area contributed by atoms with Crippen molar-refractivity contribution in [2.24, 2.45) is 11.0 Å². The Balaban J connectivity index is 1.90. The van der Waals surface area contributed by atoms with Gasteiger partial charge in [-0.3, -0.25) is 4.79 Å². The minimum absolute atomic E-state index is 0.201. The largest absolute Gasteiger partial charge is 0.489 e. The number of amides is 1. The number of hydrogen-bond donors (Lipinski definition) is 1. The Kier molecular flexibility index (Phi) is 6.55. The highest BCUT2D eigenvalue weighted by Crippen LogP contribution is 2.12. The van der Waals surface area contributed by atoms with Crippen LogP contribution < -0.4 is 10.2 Å². The van der Waals surface area contributed by atoms with E-state index in [2.05, 4.69) is 24.4 Å². The molecule has 1 atom stereocenters. The van der Waals surface area contributed by atoms with E-state index >= 15 is 0 Å². The van der Waals surface area contributed by atoms with Gasteiger partial charge in [-0.2, -0.15) is 5.10 Å². The van der Waals surface area contributed by atoms with Gasteiger partial charge in [0.25, 0.3) is 5.91 Å². The maximum absolute atomic E-state index is 12.1. The number of hydrogen-bond acceptors (Lipinski definition) is 3. The van der Waals surface area contributed by atoms with Crippen molar-refractivity contribution in [3.05, 3.63) is 65.7 Å². The molecule has 0 heterocycles. The van der Waals surface area contributed by atoms with Crippen molar-refractivity contribution in [3.63, 3.8) is 0 Å². The molecule has 126 valence electrons. The van der Waals surface area contributed by atoms with Crippen LogP contribution in [0.25, 0.3) is 0 Å². The molecule has 24 heavy (non-hydrogen) atoms. The van der Waals surface area contributed by atoms with Crippen LogP contribution in [0.2, 0.25) is 0 Å². The van der Waals surface area contributed by atoms with Gasteiger partial charge in [-0.1, -0.05) is 44.2 Å². The molecule has 4 nitrogen and oxygen atoms in total. The lowest BCUT2D eigenvalue weighted by atomic mass is 10.1. The summed E-state index contributed by atoms with van der Waals surface area (Å²) in [6, 6.07) is 17.0. The first-order chi connectivity index (χ1) is 11.6. The highest BCUT2D eigenvalue weighted by molar-refractivity contribution is 5.95. The molecule has 0 radical (unpaired) electrons. The summed E-state index contributed by atoms with van der Waals surface area (Å²) in [6.07, 6.45) is 1.00. The minimum Gasteiger partial charge on any atom is -0.489 e. The van der Waals surface area contributed by atoms with Crippen molar-refractivity contribution < 1.29 is 9.53 Å². The number of para-hydroxylation sites is 1. The van der Waals surface area contributed by atoms with Crippen molar-refractivity contribution in [2.45, 2.75) is 33.8 Å². The van der Waals surface area contributed by atoms with Crippen LogP contribution >= 0.6 is 0 Å². The standard InChI is InChI=1S/C20H24N2O2/c1-4-15(2)16(3)21-22-20(23)18-12-10-17(11-13-18)14-24-19-8-6-5-7-9-19/h5-13,15H,4,14H2,1-3H3,(H,22,23)/b21-16-/t15-/m1/s1. The molecule has 4 heteroatoms. The van der Waals surface area contributed by atoms with Gasteiger partial charge in [0.15, 0.2) is 0 Å². The fourth-order valence-corrected chi connectivity index (χ4v) is 2.04. The third-order valence-corrected chi connectivity index (χ3v) is 4.02. The molecule has 0 bridgehead atoms. The summed E-state index contributed by atoms with van der Waals surface area (Å²) < 4.78 is 5.69. The van der Waals surface area contributed by atoms with E-state index in [4.69, 9.17) is 4.74 Å². The molecule has 0 aliphatic carbocycles. The first kappa shape index (κ1) is 17.7. The van der Waals surface area contributed by atoms with Crippen LogP contribution in [0.3, 0.4) is 0 Å². The monoisotopic (exact) mass is 324 g/mol. The van der Waals surface area contributed by atoms with Crippen molar-refractivity contribution in [1.82, 2.24) is 5.43 Å². The molecule has 2 rings (SSSR count). The Morgan fingerprint density at radius 3 is 2.42 bits per heavy atom. The van der Waals surface area contributed by atoms with Crippen LogP contribution in [0, 0.1) is 5.92 Å². The average Bonchev–Trinajstić information content (AvgIpc) is 2.64. The molecule has 1 amide bonds. The van der Waals surface area contributed by atoms with Crippen LogP contribution in [-0.4, -0.2) is 11.6 Å². The van der Waals surface area contributed by atoms with Crippen LogP contribution in [0.1, 0.15) is 43.1 Å². The quantitative estimate of drug-likeness (QED) is 0.605. The lowest BCUT2D eigenvalue weighted by Crippen LogP contribution is -2.21. The van der Waals surface area contributed by atoms with Gasteiger partial charge in [-0.25, -0.2) is 5.43 Å². The number of hydrazone groups is 1. The summed E-state index contributed by atoms with van der Waals surface area (Å²) in [4.78, 5) is 12.1. The molecule has 1 N–H and O–H groups in total. The Bertz CT molecular complexity index is 679. The second-order valence-corrected chi connectivity index (χ2v) is 5.80. The summed E-state index contributed by atoms with van der Waals surface area (Å²) in [5.41, 5.74) is 5.13. The first-order valence-corrected chi connectivity index (χ1v) is 8.21. The molecule has 2 aromatic carbocycles. The molecule has 0 saturated heterocycles. The number of nitrogens with zero attached hydrogens (tertiary/aromatic N) is 1. The molecule has 0 aliphatic heterocycles. The van der Waals surface area contributed by atoms with Crippen molar-refractivity contribution in [2.75, 3.05) is 0 Å². The topological polar surface area (TPSA) is 50.7 Å². The molecule has 0 saturated carbocycles. The first-order valence-electron chi connectivity index (χ1n) is 8.21. The van der Waals surface area contributed by atoms with Crippen LogP contribution in [0.15, 0.2) is 59.7 Å². The lowest BCUT2D eigenvalue weighted by Gasteiger charge is -2.09. The number of carbonyl (C=O) groups is 1. The molecule has 0 unspecified atom stereocenters. The fourth-order valence-electron chi connectivity index (χ4n) is 2.04. The predicted molar refractivity (Wildman–Crippen MR) is 97.2 cm³/mol. The van der Waals surface area contributed by atoms with Gasteiger partial charge >= 0.3 is 0 Å². The van der Waals surface area contributed by atoms with Gasteiger partial charge < -0.3 is 4.74 Å². The number of nitrogens with one attached hydrogen (secondary N) is 1. The van der Waals surface area contributed by atoms with Crippen molar-refractivity contribution in [1.29, 1.82) is 0 Å². The molecule has 0 spiro atoms. The second-order valence-electron chi connectivity index (χ2n) is 5.80. The maximum Gasteiger partial charge on any atom is 0.271 e.